The SMILES string of the molecule is C=CC1CC(C=C)c2cc(CC)ccc21. The van der Waals surface area contributed by atoms with Crippen LogP contribution in [-0.2, 0) is 6.42 Å². The fraction of sp³-hybridized carbons (Fsp3) is 0.333. The summed E-state index contributed by atoms with van der Waals surface area (Å²) in [7, 11) is 0. The minimum Gasteiger partial charge on any atom is -0.102 e. The van der Waals surface area contributed by atoms with Gasteiger partial charge in [0.1, 0.15) is 0 Å². The Balaban J connectivity index is 2.48. The van der Waals surface area contributed by atoms with Gasteiger partial charge in [-0.2, -0.15) is 0 Å². The van der Waals surface area contributed by atoms with E-state index >= 15 is 0 Å². The molecule has 78 valence electrons. The van der Waals surface area contributed by atoms with Gasteiger partial charge < -0.3 is 0 Å². The highest BCUT2D eigenvalue weighted by molar-refractivity contribution is 5.45. The normalized spacial score (nSPS) is 23.5. The first-order chi connectivity index (χ1) is 7.30. The number of aryl methyl sites for hydroxylation is 1. The van der Waals surface area contributed by atoms with E-state index in [9.17, 15) is 0 Å². The van der Waals surface area contributed by atoms with Crippen LogP contribution in [0.3, 0.4) is 0 Å². The molecule has 2 rings (SSSR count). The molecule has 0 saturated heterocycles. The zero-order valence-electron chi connectivity index (χ0n) is 9.37. The van der Waals surface area contributed by atoms with Gasteiger partial charge in [-0.1, -0.05) is 37.3 Å². The Hall–Kier alpha value is -1.30. The molecule has 2 unspecified atom stereocenters. The van der Waals surface area contributed by atoms with E-state index in [4.69, 9.17) is 0 Å². The van der Waals surface area contributed by atoms with Crippen molar-refractivity contribution in [3.8, 4) is 0 Å². The molecule has 2 atom stereocenters. The van der Waals surface area contributed by atoms with Crippen molar-refractivity contribution in [2.24, 2.45) is 0 Å². The van der Waals surface area contributed by atoms with Gasteiger partial charge in [0.15, 0.2) is 0 Å². The van der Waals surface area contributed by atoms with Crippen LogP contribution in [0.15, 0.2) is 43.5 Å². The van der Waals surface area contributed by atoms with Crippen LogP contribution in [0.2, 0.25) is 0 Å². The molecule has 0 aromatic heterocycles. The highest BCUT2D eigenvalue weighted by Gasteiger charge is 2.26. The molecule has 0 amide bonds. The number of hydrogen-bond acceptors (Lipinski definition) is 0. The summed E-state index contributed by atoms with van der Waals surface area (Å²) in [5.74, 6) is 1.04. The molecular weight excluding hydrogens is 180 g/mol. The standard InChI is InChI=1S/C15H18/c1-4-11-7-8-14-12(5-2)10-13(6-3)15(14)9-11/h5-9,12-13H,2-4,10H2,1H3. The third-order valence-corrected chi connectivity index (χ3v) is 3.44. The second-order valence-electron chi connectivity index (χ2n) is 4.24. The van der Waals surface area contributed by atoms with Crippen molar-refractivity contribution in [1.29, 1.82) is 0 Å². The van der Waals surface area contributed by atoms with Gasteiger partial charge in [-0.3, -0.25) is 0 Å². The van der Waals surface area contributed by atoms with Crippen LogP contribution in [0.25, 0.3) is 0 Å². The summed E-state index contributed by atoms with van der Waals surface area (Å²) in [4.78, 5) is 0. The highest BCUT2D eigenvalue weighted by atomic mass is 14.3. The molecule has 15 heavy (non-hydrogen) atoms. The summed E-state index contributed by atoms with van der Waals surface area (Å²) in [5.41, 5.74) is 4.34. The molecule has 0 nitrogen and oxygen atoms in total. The van der Waals surface area contributed by atoms with E-state index < -0.39 is 0 Å². The van der Waals surface area contributed by atoms with Gasteiger partial charge in [0.05, 0.1) is 0 Å². The van der Waals surface area contributed by atoms with E-state index in [0.29, 0.717) is 11.8 Å². The average Bonchev–Trinajstić information content (AvgIpc) is 2.65. The first-order valence-electron chi connectivity index (χ1n) is 5.68. The molecule has 1 aromatic rings. The first-order valence-corrected chi connectivity index (χ1v) is 5.68. The smallest absolute Gasteiger partial charge is 0.00271 e. The molecule has 0 spiro atoms. The Morgan fingerprint density at radius 3 is 2.47 bits per heavy atom. The van der Waals surface area contributed by atoms with Gasteiger partial charge in [0, 0.05) is 11.8 Å². The van der Waals surface area contributed by atoms with E-state index in [-0.39, 0.29) is 0 Å². The van der Waals surface area contributed by atoms with E-state index in [0.717, 1.165) is 12.8 Å². The molecule has 0 fully saturated rings. The molecule has 0 heteroatoms. The van der Waals surface area contributed by atoms with Crippen LogP contribution < -0.4 is 0 Å². The van der Waals surface area contributed by atoms with Crippen LogP contribution in [0, 0.1) is 0 Å². The number of hydrogen-bond donors (Lipinski definition) is 0. The Labute approximate surface area is 92.3 Å². The summed E-state index contributed by atoms with van der Waals surface area (Å²) < 4.78 is 0. The zero-order chi connectivity index (χ0) is 10.8. The Bertz CT molecular complexity index is 387. The van der Waals surface area contributed by atoms with E-state index in [1.54, 1.807) is 0 Å². The average molecular weight is 198 g/mol. The first kappa shape index (κ1) is 10.2. The molecule has 0 saturated carbocycles. The largest absolute Gasteiger partial charge is 0.102 e. The lowest BCUT2D eigenvalue weighted by atomic mass is 9.98. The van der Waals surface area contributed by atoms with Crippen molar-refractivity contribution in [3.63, 3.8) is 0 Å². The monoisotopic (exact) mass is 198 g/mol. The van der Waals surface area contributed by atoms with Crippen molar-refractivity contribution in [1.82, 2.24) is 0 Å². The number of allylic oxidation sites excluding steroid dienone is 2. The van der Waals surface area contributed by atoms with Gasteiger partial charge >= 0.3 is 0 Å². The maximum absolute atomic E-state index is 3.93. The van der Waals surface area contributed by atoms with Crippen LogP contribution in [0.1, 0.15) is 41.9 Å². The van der Waals surface area contributed by atoms with Crippen molar-refractivity contribution >= 4 is 0 Å². The maximum Gasteiger partial charge on any atom is 0.00271 e. The summed E-state index contributed by atoms with van der Waals surface area (Å²) in [6.45, 7) is 10.0. The number of fused-ring (bicyclic) bond motifs is 1. The third-order valence-electron chi connectivity index (χ3n) is 3.44. The van der Waals surface area contributed by atoms with Crippen LogP contribution in [-0.4, -0.2) is 0 Å². The second-order valence-corrected chi connectivity index (χ2v) is 4.24. The van der Waals surface area contributed by atoms with Crippen LogP contribution in [0.4, 0.5) is 0 Å². The minimum absolute atomic E-state index is 0.522. The summed E-state index contributed by atoms with van der Waals surface area (Å²) in [5, 5.41) is 0. The molecule has 1 aliphatic rings. The summed E-state index contributed by atoms with van der Waals surface area (Å²) in [6, 6.07) is 6.84. The second kappa shape index (κ2) is 4.06. The van der Waals surface area contributed by atoms with Gasteiger partial charge in [-0.25, -0.2) is 0 Å². The fourth-order valence-corrected chi connectivity index (χ4v) is 2.48. The fourth-order valence-electron chi connectivity index (χ4n) is 2.48. The zero-order valence-corrected chi connectivity index (χ0v) is 9.37. The van der Waals surface area contributed by atoms with Crippen molar-refractivity contribution < 1.29 is 0 Å². The topological polar surface area (TPSA) is 0 Å². The van der Waals surface area contributed by atoms with Gasteiger partial charge in [0.2, 0.25) is 0 Å². The maximum atomic E-state index is 3.93. The summed E-state index contributed by atoms with van der Waals surface area (Å²) >= 11 is 0. The number of rotatable bonds is 3. The molecule has 0 heterocycles. The summed E-state index contributed by atoms with van der Waals surface area (Å²) in [6.07, 6.45) is 6.39. The third kappa shape index (κ3) is 1.65. The van der Waals surface area contributed by atoms with Gasteiger partial charge in [-0.05, 0) is 29.5 Å². The van der Waals surface area contributed by atoms with Crippen molar-refractivity contribution in [3.05, 3.63) is 60.2 Å². The molecule has 0 N–H and O–H groups in total. The lowest BCUT2D eigenvalue weighted by Gasteiger charge is -2.07. The number of benzene rings is 1. The van der Waals surface area contributed by atoms with Gasteiger partial charge in [-0.15, -0.1) is 13.2 Å². The minimum atomic E-state index is 0.522. The van der Waals surface area contributed by atoms with Crippen LogP contribution in [0.5, 0.6) is 0 Å². The van der Waals surface area contributed by atoms with E-state index in [2.05, 4.69) is 50.4 Å². The highest BCUT2D eigenvalue weighted by Crippen LogP contribution is 2.43. The lowest BCUT2D eigenvalue weighted by molar-refractivity contribution is 0.751. The lowest BCUT2D eigenvalue weighted by Crippen LogP contribution is -1.90. The molecular formula is C15H18. The molecule has 1 aromatic carbocycles. The van der Waals surface area contributed by atoms with Crippen LogP contribution >= 0.6 is 0 Å². The van der Waals surface area contributed by atoms with E-state index in [1.807, 2.05) is 0 Å². The Morgan fingerprint density at radius 1 is 1.20 bits per heavy atom. The molecule has 0 aliphatic heterocycles. The van der Waals surface area contributed by atoms with E-state index in [1.165, 1.54) is 16.7 Å². The van der Waals surface area contributed by atoms with Crippen molar-refractivity contribution in [2.75, 3.05) is 0 Å². The Morgan fingerprint density at radius 2 is 1.87 bits per heavy atom. The van der Waals surface area contributed by atoms with Crippen molar-refractivity contribution in [2.45, 2.75) is 31.6 Å². The van der Waals surface area contributed by atoms with Gasteiger partial charge in [0.25, 0.3) is 0 Å². The predicted molar refractivity (Wildman–Crippen MR) is 66.3 cm³/mol. The Kier molecular flexibility index (Phi) is 2.77. The molecule has 0 radical (unpaired) electrons. The predicted octanol–water partition coefficient (Wildman–Crippen LogP) is 4.19. The quantitative estimate of drug-likeness (QED) is 0.639. The molecule has 0 bridgehead atoms. The molecule has 1 aliphatic carbocycles.